The summed E-state index contributed by atoms with van der Waals surface area (Å²) >= 11 is 3.48. The molecule has 0 saturated carbocycles. The van der Waals surface area contributed by atoms with Crippen molar-refractivity contribution in [1.29, 1.82) is 0 Å². The molecule has 2 atom stereocenters. The molecule has 0 amide bonds. The molecule has 1 saturated heterocycles. The lowest BCUT2D eigenvalue weighted by molar-refractivity contribution is 0.0526. The Balaban J connectivity index is 1.94. The van der Waals surface area contributed by atoms with E-state index in [-0.39, 0.29) is 12.1 Å². The Bertz CT molecular complexity index is 478. The van der Waals surface area contributed by atoms with Gasteiger partial charge in [0.05, 0.1) is 24.4 Å². The fraction of sp³-hybridized carbons (Fsp3) is 0.533. The maximum Gasteiger partial charge on any atom is 0.338 e. The van der Waals surface area contributed by atoms with E-state index in [2.05, 4.69) is 28.2 Å². The minimum Gasteiger partial charge on any atom is -0.462 e. The number of rotatable bonds is 5. The molecule has 2 rings (SSSR count). The van der Waals surface area contributed by atoms with Gasteiger partial charge in [0, 0.05) is 16.7 Å². The molecule has 0 aliphatic carbocycles. The Labute approximate surface area is 128 Å². The van der Waals surface area contributed by atoms with E-state index in [1.165, 1.54) is 0 Å². The van der Waals surface area contributed by atoms with Crippen LogP contribution in [0.3, 0.4) is 0 Å². The summed E-state index contributed by atoms with van der Waals surface area (Å²) in [5.41, 5.74) is 1.51. The second-order valence-electron chi connectivity index (χ2n) is 4.94. The van der Waals surface area contributed by atoms with Crippen LogP contribution in [0.1, 0.15) is 37.0 Å². The average molecular weight is 342 g/mol. The van der Waals surface area contributed by atoms with Crippen molar-refractivity contribution in [2.24, 2.45) is 0 Å². The largest absolute Gasteiger partial charge is 0.462 e. The standard InChI is InChI=1S/C15H20BrNO3/c1-3-19-15(18)11-5-7-14(13(16)8-11)17-9-12-6-4-10(2)20-12/h5,7-8,10,12,17H,3-4,6,9H2,1-2H3. The summed E-state index contributed by atoms with van der Waals surface area (Å²) in [7, 11) is 0. The van der Waals surface area contributed by atoms with Crippen molar-refractivity contribution in [3.8, 4) is 0 Å². The fourth-order valence-electron chi connectivity index (χ4n) is 2.26. The van der Waals surface area contributed by atoms with E-state index in [4.69, 9.17) is 9.47 Å². The highest BCUT2D eigenvalue weighted by Gasteiger charge is 2.21. The van der Waals surface area contributed by atoms with Crippen LogP contribution < -0.4 is 5.32 Å². The lowest BCUT2D eigenvalue weighted by Crippen LogP contribution is -2.20. The number of benzene rings is 1. The molecule has 1 aliphatic heterocycles. The van der Waals surface area contributed by atoms with Crippen molar-refractivity contribution < 1.29 is 14.3 Å². The molecule has 0 spiro atoms. The molecule has 1 fully saturated rings. The van der Waals surface area contributed by atoms with Crippen LogP contribution in [-0.2, 0) is 9.47 Å². The maximum absolute atomic E-state index is 11.6. The Morgan fingerprint density at radius 3 is 2.90 bits per heavy atom. The molecule has 4 nitrogen and oxygen atoms in total. The number of hydrogen-bond acceptors (Lipinski definition) is 4. The fourth-order valence-corrected chi connectivity index (χ4v) is 2.78. The van der Waals surface area contributed by atoms with Crippen LogP contribution in [0.2, 0.25) is 0 Å². The first-order chi connectivity index (χ1) is 9.60. The highest BCUT2D eigenvalue weighted by atomic mass is 79.9. The van der Waals surface area contributed by atoms with Gasteiger partial charge in [0.15, 0.2) is 0 Å². The van der Waals surface area contributed by atoms with Crippen molar-refractivity contribution in [3.63, 3.8) is 0 Å². The number of carbonyl (C=O) groups is 1. The van der Waals surface area contributed by atoms with Gasteiger partial charge in [-0.2, -0.15) is 0 Å². The monoisotopic (exact) mass is 341 g/mol. The number of ether oxygens (including phenoxy) is 2. The summed E-state index contributed by atoms with van der Waals surface area (Å²) < 4.78 is 11.6. The molecular weight excluding hydrogens is 322 g/mol. The third-order valence-electron chi connectivity index (χ3n) is 3.32. The quantitative estimate of drug-likeness (QED) is 0.831. The molecular formula is C15H20BrNO3. The Morgan fingerprint density at radius 2 is 2.30 bits per heavy atom. The molecule has 5 heteroatoms. The highest BCUT2D eigenvalue weighted by Crippen LogP contribution is 2.25. The highest BCUT2D eigenvalue weighted by molar-refractivity contribution is 9.10. The zero-order valence-corrected chi connectivity index (χ0v) is 13.4. The van der Waals surface area contributed by atoms with Gasteiger partial charge in [-0.3, -0.25) is 0 Å². The average Bonchev–Trinajstić information content (AvgIpc) is 2.83. The van der Waals surface area contributed by atoms with Crippen molar-refractivity contribution in [2.45, 2.75) is 38.9 Å². The molecule has 20 heavy (non-hydrogen) atoms. The first-order valence-corrected chi connectivity index (χ1v) is 7.75. The molecule has 0 bridgehead atoms. The normalized spacial score (nSPS) is 21.8. The van der Waals surface area contributed by atoms with E-state index in [1.54, 1.807) is 19.1 Å². The Hall–Kier alpha value is -1.07. The van der Waals surface area contributed by atoms with Crippen molar-refractivity contribution in [3.05, 3.63) is 28.2 Å². The van der Waals surface area contributed by atoms with Gasteiger partial charge in [-0.1, -0.05) is 0 Å². The Morgan fingerprint density at radius 1 is 1.50 bits per heavy atom. The summed E-state index contributed by atoms with van der Waals surface area (Å²) in [6, 6.07) is 5.43. The third kappa shape index (κ3) is 3.96. The number of halogens is 1. The lowest BCUT2D eigenvalue weighted by Gasteiger charge is -2.14. The summed E-state index contributed by atoms with van der Waals surface area (Å²) in [5.74, 6) is -0.298. The van der Waals surface area contributed by atoms with Crippen LogP contribution in [-0.4, -0.2) is 31.3 Å². The van der Waals surface area contributed by atoms with Gasteiger partial charge in [-0.05, 0) is 60.8 Å². The van der Waals surface area contributed by atoms with E-state index >= 15 is 0 Å². The van der Waals surface area contributed by atoms with Gasteiger partial charge in [-0.25, -0.2) is 4.79 Å². The van der Waals surface area contributed by atoms with Gasteiger partial charge in [0.2, 0.25) is 0 Å². The van der Waals surface area contributed by atoms with E-state index < -0.39 is 0 Å². The molecule has 1 aromatic carbocycles. The number of anilines is 1. The summed E-state index contributed by atoms with van der Waals surface area (Å²) in [5, 5.41) is 3.35. The van der Waals surface area contributed by atoms with Crippen molar-refractivity contribution in [1.82, 2.24) is 0 Å². The van der Waals surface area contributed by atoms with Gasteiger partial charge in [0.25, 0.3) is 0 Å². The summed E-state index contributed by atoms with van der Waals surface area (Å²) in [4.78, 5) is 11.6. The molecule has 2 unspecified atom stereocenters. The maximum atomic E-state index is 11.6. The number of hydrogen-bond donors (Lipinski definition) is 1. The zero-order valence-electron chi connectivity index (χ0n) is 11.8. The predicted molar refractivity (Wildman–Crippen MR) is 82.2 cm³/mol. The first-order valence-electron chi connectivity index (χ1n) is 6.96. The van der Waals surface area contributed by atoms with Gasteiger partial charge in [-0.15, -0.1) is 0 Å². The van der Waals surface area contributed by atoms with Crippen LogP contribution in [0.15, 0.2) is 22.7 Å². The molecule has 1 N–H and O–H groups in total. The molecule has 1 heterocycles. The van der Waals surface area contributed by atoms with Gasteiger partial charge < -0.3 is 14.8 Å². The summed E-state index contributed by atoms with van der Waals surface area (Å²) in [6.07, 6.45) is 2.83. The zero-order chi connectivity index (χ0) is 14.5. The Kier molecular flexibility index (Phi) is 5.43. The van der Waals surface area contributed by atoms with E-state index in [0.29, 0.717) is 18.3 Å². The van der Waals surface area contributed by atoms with Crippen LogP contribution in [0.5, 0.6) is 0 Å². The molecule has 0 radical (unpaired) electrons. The van der Waals surface area contributed by atoms with Crippen LogP contribution in [0, 0.1) is 0 Å². The number of nitrogens with one attached hydrogen (secondary N) is 1. The van der Waals surface area contributed by atoms with E-state index in [1.807, 2.05) is 6.07 Å². The SMILES string of the molecule is CCOC(=O)c1ccc(NCC2CCC(C)O2)c(Br)c1. The van der Waals surface area contributed by atoms with Crippen LogP contribution in [0.25, 0.3) is 0 Å². The number of carbonyl (C=O) groups excluding carboxylic acids is 1. The van der Waals surface area contributed by atoms with E-state index in [0.717, 1.165) is 29.5 Å². The molecule has 1 aliphatic rings. The second kappa shape index (κ2) is 7.09. The predicted octanol–water partition coefficient (Wildman–Crippen LogP) is 3.61. The van der Waals surface area contributed by atoms with Crippen LogP contribution >= 0.6 is 15.9 Å². The van der Waals surface area contributed by atoms with Crippen LogP contribution in [0.4, 0.5) is 5.69 Å². The second-order valence-corrected chi connectivity index (χ2v) is 5.80. The topological polar surface area (TPSA) is 47.6 Å². The van der Waals surface area contributed by atoms with E-state index in [9.17, 15) is 4.79 Å². The van der Waals surface area contributed by atoms with Crippen molar-refractivity contribution in [2.75, 3.05) is 18.5 Å². The number of esters is 1. The molecule has 0 aromatic heterocycles. The molecule has 110 valence electrons. The smallest absolute Gasteiger partial charge is 0.338 e. The minimum absolute atomic E-state index is 0.265. The van der Waals surface area contributed by atoms with Crippen molar-refractivity contribution >= 4 is 27.6 Å². The summed E-state index contributed by atoms with van der Waals surface area (Å²) in [6.45, 7) is 5.06. The minimum atomic E-state index is -0.298. The van der Waals surface area contributed by atoms with Gasteiger partial charge >= 0.3 is 5.97 Å². The third-order valence-corrected chi connectivity index (χ3v) is 3.98. The molecule has 1 aromatic rings. The first kappa shape index (κ1) is 15.3. The lowest BCUT2D eigenvalue weighted by atomic mass is 10.2. The van der Waals surface area contributed by atoms with Gasteiger partial charge in [0.1, 0.15) is 0 Å².